The van der Waals surface area contributed by atoms with Crippen LogP contribution in [0.25, 0.3) is 0 Å². The molecule has 1 aliphatic heterocycles. The van der Waals surface area contributed by atoms with Crippen molar-refractivity contribution in [3.63, 3.8) is 0 Å². The second-order valence-corrected chi connectivity index (χ2v) is 4.65. The quantitative estimate of drug-likeness (QED) is 0.822. The smallest absolute Gasteiger partial charge is 0.354 e. The number of hydrogen-bond acceptors (Lipinski definition) is 4. The molecular formula is C13H15N3O4. The molecule has 2 heterocycles. The number of likely N-dealkylation sites (tertiary alicyclic amines) is 1. The predicted molar refractivity (Wildman–Crippen MR) is 69.1 cm³/mol. The highest BCUT2D eigenvalue weighted by Crippen LogP contribution is 2.19. The Kier molecular flexibility index (Phi) is 3.97. The summed E-state index contributed by atoms with van der Waals surface area (Å²) in [4.78, 5) is 39.5. The van der Waals surface area contributed by atoms with Gasteiger partial charge in [0.15, 0.2) is 0 Å². The normalized spacial score (nSPS) is 18.6. The lowest BCUT2D eigenvalue weighted by molar-refractivity contribution is -0.123. The van der Waals surface area contributed by atoms with Gasteiger partial charge in [0.2, 0.25) is 5.91 Å². The van der Waals surface area contributed by atoms with Crippen LogP contribution in [-0.4, -0.2) is 45.4 Å². The van der Waals surface area contributed by atoms with Gasteiger partial charge in [-0.15, -0.1) is 0 Å². The van der Waals surface area contributed by atoms with Gasteiger partial charge in [0.25, 0.3) is 5.91 Å². The van der Waals surface area contributed by atoms with Crippen molar-refractivity contribution in [3.8, 4) is 0 Å². The van der Waals surface area contributed by atoms with Crippen molar-refractivity contribution < 1.29 is 19.5 Å². The van der Waals surface area contributed by atoms with E-state index in [9.17, 15) is 14.4 Å². The van der Waals surface area contributed by atoms with Gasteiger partial charge in [0.1, 0.15) is 11.7 Å². The van der Waals surface area contributed by atoms with Gasteiger partial charge in [0.05, 0.1) is 5.56 Å². The molecule has 1 fully saturated rings. The number of pyridine rings is 1. The van der Waals surface area contributed by atoms with Crippen molar-refractivity contribution in [2.24, 2.45) is 5.73 Å². The Morgan fingerprint density at radius 3 is 2.60 bits per heavy atom. The van der Waals surface area contributed by atoms with Crippen LogP contribution in [0.1, 0.15) is 40.1 Å². The molecule has 106 valence electrons. The number of rotatable bonds is 3. The van der Waals surface area contributed by atoms with Crippen LogP contribution in [-0.2, 0) is 4.79 Å². The average molecular weight is 277 g/mol. The Balaban J connectivity index is 2.20. The van der Waals surface area contributed by atoms with Gasteiger partial charge in [-0.3, -0.25) is 9.59 Å². The molecule has 1 aromatic heterocycles. The van der Waals surface area contributed by atoms with Crippen molar-refractivity contribution in [2.75, 3.05) is 6.54 Å². The fourth-order valence-corrected chi connectivity index (χ4v) is 2.28. The third-order valence-electron chi connectivity index (χ3n) is 3.32. The van der Waals surface area contributed by atoms with E-state index in [-0.39, 0.29) is 17.2 Å². The van der Waals surface area contributed by atoms with Crippen molar-refractivity contribution in [1.29, 1.82) is 0 Å². The number of amides is 2. The lowest BCUT2D eigenvalue weighted by Gasteiger charge is -2.33. The van der Waals surface area contributed by atoms with E-state index in [0.717, 1.165) is 12.8 Å². The average Bonchev–Trinajstić information content (AvgIpc) is 2.46. The Morgan fingerprint density at radius 2 is 2.05 bits per heavy atom. The zero-order chi connectivity index (χ0) is 14.7. The first-order valence-corrected chi connectivity index (χ1v) is 6.30. The number of carbonyl (C=O) groups is 3. The van der Waals surface area contributed by atoms with Crippen molar-refractivity contribution in [1.82, 2.24) is 9.88 Å². The van der Waals surface area contributed by atoms with E-state index in [2.05, 4.69) is 4.98 Å². The number of piperidine rings is 1. The van der Waals surface area contributed by atoms with Crippen LogP contribution in [0.3, 0.4) is 0 Å². The summed E-state index contributed by atoms with van der Waals surface area (Å²) in [6.07, 6.45) is 3.43. The highest BCUT2D eigenvalue weighted by Gasteiger charge is 2.31. The van der Waals surface area contributed by atoms with Gasteiger partial charge in [-0.1, -0.05) is 0 Å². The first kappa shape index (κ1) is 14.0. The summed E-state index contributed by atoms with van der Waals surface area (Å²) in [7, 11) is 0. The minimum absolute atomic E-state index is 0.133. The molecule has 1 unspecified atom stereocenters. The van der Waals surface area contributed by atoms with Gasteiger partial charge in [-0.05, 0) is 31.4 Å². The van der Waals surface area contributed by atoms with Gasteiger partial charge in [-0.25, -0.2) is 9.78 Å². The van der Waals surface area contributed by atoms with Gasteiger partial charge >= 0.3 is 5.97 Å². The van der Waals surface area contributed by atoms with Crippen LogP contribution >= 0.6 is 0 Å². The number of hydrogen-bond donors (Lipinski definition) is 2. The van der Waals surface area contributed by atoms with Crippen LogP contribution in [0, 0.1) is 0 Å². The van der Waals surface area contributed by atoms with E-state index in [0.29, 0.717) is 13.0 Å². The summed E-state index contributed by atoms with van der Waals surface area (Å²) in [5.41, 5.74) is 5.43. The molecule has 1 saturated heterocycles. The number of carboxylic acids is 1. The summed E-state index contributed by atoms with van der Waals surface area (Å²) in [5.74, 6) is -2.02. The molecule has 2 rings (SSSR count). The standard InChI is InChI=1S/C13H15N3O4/c14-11(17)10-3-1-2-6-16(10)12(18)8-4-5-9(13(19)20)15-7-8/h4-5,7,10H,1-3,6H2,(H2,14,17)(H,19,20). The summed E-state index contributed by atoms with van der Waals surface area (Å²) < 4.78 is 0. The number of primary amides is 1. The number of carbonyl (C=O) groups excluding carboxylic acids is 2. The highest BCUT2D eigenvalue weighted by atomic mass is 16.4. The number of aromatic carboxylic acids is 1. The third kappa shape index (κ3) is 2.76. The molecule has 2 amide bonds. The van der Waals surface area contributed by atoms with E-state index in [1.54, 1.807) is 0 Å². The lowest BCUT2D eigenvalue weighted by atomic mass is 10.0. The number of nitrogens with zero attached hydrogens (tertiary/aromatic N) is 2. The topological polar surface area (TPSA) is 114 Å². The Bertz CT molecular complexity index is 541. The predicted octanol–water partition coefficient (Wildman–Crippen LogP) is 0.260. The fraction of sp³-hybridized carbons (Fsp3) is 0.385. The maximum absolute atomic E-state index is 12.3. The molecule has 0 radical (unpaired) electrons. The fourth-order valence-electron chi connectivity index (χ4n) is 2.28. The third-order valence-corrected chi connectivity index (χ3v) is 3.32. The molecule has 20 heavy (non-hydrogen) atoms. The van der Waals surface area contributed by atoms with Crippen LogP contribution in [0.2, 0.25) is 0 Å². The summed E-state index contributed by atoms with van der Waals surface area (Å²) in [6.45, 7) is 0.465. The lowest BCUT2D eigenvalue weighted by Crippen LogP contribution is -2.50. The molecule has 7 heteroatoms. The number of nitrogens with two attached hydrogens (primary N) is 1. The maximum Gasteiger partial charge on any atom is 0.354 e. The molecule has 1 aromatic rings. The molecular weight excluding hydrogens is 262 g/mol. The first-order chi connectivity index (χ1) is 9.50. The molecule has 1 atom stereocenters. The largest absolute Gasteiger partial charge is 0.477 e. The highest BCUT2D eigenvalue weighted by molar-refractivity contribution is 5.97. The van der Waals surface area contributed by atoms with Gasteiger partial charge < -0.3 is 15.7 Å². The summed E-state index contributed by atoms with van der Waals surface area (Å²) in [6, 6.07) is 2.06. The monoisotopic (exact) mass is 277 g/mol. The van der Waals surface area contributed by atoms with Crippen LogP contribution in [0.5, 0.6) is 0 Å². The van der Waals surface area contributed by atoms with Crippen molar-refractivity contribution in [3.05, 3.63) is 29.6 Å². The van der Waals surface area contributed by atoms with Gasteiger partial charge in [-0.2, -0.15) is 0 Å². The first-order valence-electron chi connectivity index (χ1n) is 6.30. The summed E-state index contributed by atoms with van der Waals surface area (Å²) in [5, 5.41) is 8.76. The molecule has 1 aliphatic rings. The molecule has 0 aliphatic carbocycles. The van der Waals surface area contributed by atoms with Crippen LogP contribution in [0.15, 0.2) is 18.3 Å². The van der Waals surface area contributed by atoms with E-state index < -0.39 is 17.9 Å². The Hall–Kier alpha value is -2.44. The molecule has 0 spiro atoms. The molecule has 0 saturated carbocycles. The minimum Gasteiger partial charge on any atom is -0.477 e. The molecule has 0 aromatic carbocycles. The van der Waals surface area contributed by atoms with E-state index >= 15 is 0 Å². The molecule has 3 N–H and O–H groups in total. The number of carboxylic acid groups (broad SMARTS) is 1. The molecule has 0 bridgehead atoms. The Labute approximate surface area is 115 Å². The van der Waals surface area contributed by atoms with Crippen molar-refractivity contribution in [2.45, 2.75) is 25.3 Å². The van der Waals surface area contributed by atoms with Crippen LogP contribution < -0.4 is 5.73 Å². The Morgan fingerprint density at radius 1 is 1.30 bits per heavy atom. The van der Waals surface area contributed by atoms with Crippen LogP contribution in [0.4, 0.5) is 0 Å². The zero-order valence-electron chi connectivity index (χ0n) is 10.8. The van der Waals surface area contributed by atoms with E-state index in [4.69, 9.17) is 10.8 Å². The van der Waals surface area contributed by atoms with Gasteiger partial charge in [0, 0.05) is 12.7 Å². The SMILES string of the molecule is NC(=O)C1CCCCN1C(=O)c1ccc(C(=O)O)nc1. The summed E-state index contributed by atoms with van der Waals surface area (Å²) >= 11 is 0. The van der Waals surface area contributed by atoms with Crippen molar-refractivity contribution >= 4 is 17.8 Å². The second-order valence-electron chi connectivity index (χ2n) is 4.65. The van der Waals surface area contributed by atoms with E-state index in [1.807, 2.05) is 0 Å². The zero-order valence-corrected chi connectivity index (χ0v) is 10.8. The maximum atomic E-state index is 12.3. The molecule has 7 nitrogen and oxygen atoms in total. The second kappa shape index (κ2) is 5.68. The number of aromatic nitrogens is 1. The minimum atomic E-state index is -1.16. The van der Waals surface area contributed by atoms with E-state index in [1.165, 1.54) is 23.2 Å².